The van der Waals surface area contributed by atoms with E-state index in [4.69, 9.17) is 21.8 Å². The maximum atomic E-state index is 5.78. The van der Waals surface area contributed by atoms with E-state index >= 15 is 0 Å². The van der Waals surface area contributed by atoms with Crippen LogP contribution in [0.1, 0.15) is 5.69 Å². The van der Waals surface area contributed by atoms with Gasteiger partial charge in [0.05, 0.1) is 5.69 Å². The summed E-state index contributed by atoms with van der Waals surface area (Å²) in [5.74, 6) is 0. The molecule has 1 heterocycles. The van der Waals surface area contributed by atoms with Crippen LogP contribution in [0.5, 0.6) is 0 Å². The topological polar surface area (TPSA) is 64.1 Å². The number of hydrogen-bond donors (Lipinski definition) is 2. The minimum Gasteiger partial charge on any atom is -0.432 e. The molecule has 0 unspecified atom stereocenters. The fourth-order valence-electron chi connectivity index (χ4n) is 1.28. The number of nitrogens with two attached hydrogens (primary N) is 1. The van der Waals surface area contributed by atoms with Crippen LogP contribution < -0.4 is 11.1 Å². The molecule has 1 aromatic heterocycles. The Balaban J connectivity index is 2.05. The van der Waals surface area contributed by atoms with Crippen LogP contribution in [-0.2, 0) is 6.42 Å². The van der Waals surface area contributed by atoms with Gasteiger partial charge in [-0.1, -0.05) is 11.6 Å². The Hall–Kier alpha value is -1.52. The van der Waals surface area contributed by atoms with Crippen molar-refractivity contribution in [2.75, 3.05) is 11.9 Å². The molecule has 0 saturated heterocycles. The van der Waals surface area contributed by atoms with Crippen molar-refractivity contribution in [3.63, 3.8) is 0 Å². The van der Waals surface area contributed by atoms with Crippen molar-refractivity contribution in [2.45, 2.75) is 6.42 Å². The second-order valence-electron chi connectivity index (χ2n) is 3.31. The number of rotatable bonds is 4. The molecule has 0 bridgehead atoms. The van der Waals surface area contributed by atoms with Gasteiger partial charge in [-0.2, -0.15) is 4.98 Å². The fraction of sp³-hybridized carbons (Fsp3) is 0.182. The normalized spacial score (nSPS) is 10.4. The Morgan fingerprint density at radius 3 is 2.75 bits per heavy atom. The van der Waals surface area contributed by atoms with E-state index in [1.807, 2.05) is 12.1 Å². The molecule has 16 heavy (non-hydrogen) atoms. The zero-order valence-electron chi connectivity index (χ0n) is 8.61. The van der Waals surface area contributed by atoms with Crippen molar-refractivity contribution in [1.82, 2.24) is 4.98 Å². The number of hydrogen-bond acceptors (Lipinski definition) is 4. The highest BCUT2D eigenvalue weighted by atomic mass is 35.5. The van der Waals surface area contributed by atoms with Gasteiger partial charge in [0, 0.05) is 17.1 Å². The summed E-state index contributed by atoms with van der Waals surface area (Å²) in [6.45, 7) is 0.562. The van der Waals surface area contributed by atoms with Gasteiger partial charge in [0.1, 0.15) is 6.26 Å². The van der Waals surface area contributed by atoms with Crippen LogP contribution >= 0.6 is 11.6 Å². The van der Waals surface area contributed by atoms with Crippen LogP contribution in [0.15, 0.2) is 34.9 Å². The zero-order chi connectivity index (χ0) is 11.4. The van der Waals surface area contributed by atoms with Crippen LogP contribution in [0.25, 0.3) is 0 Å². The summed E-state index contributed by atoms with van der Waals surface area (Å²) in [7, 11) is 0. The third-order valence-corrected chi connectivity index (χ3v) is 2.30. The molecule has 4 nitrogen and oxygen atoms in total. The molecule has 2 aromatic rings. The van der Waals surface area contributed by atoms with Crippen molar-refractivity contribution >= 4 is 23.3 Å². The van der Waals surface area contributed by atoms with E-state index < -0.39 is 0 Å². The first kappa shape index (κ1) is 11.0. The van der Waals surface area contributed by atoms with E-state index in [-0.39, 0.29) is 0 Å². The number of benzene rings is 1. The second kappa shape index (κ2) is 5.01. The molecular weight excluding hydrogens is 226 g/mol. The van der Waals surface area contributed by atoms with Gasteiger partial charge >= 0.3 is 0 Å². The van der Waals surface area contributed by atoms with Crippen molar-refractivity contribution in [1.29, 1.82) is 0 Å². The van der Waals surface area contributed by atoms with Crippen molar-refractivity contribution in [2.24, 2.45) is 5.73 Å². The van der Waals surface area contributed by atoms with Crippen LogP contribution in [0.3, 0.4) is 0 Å². The molecule has 84 valence electrons. The standard InChI is InChI=1S/C11H12ClN3O/c12-8-1-3-9(4-2-8)14-11-15-10(5-6-13)7-16-11/h1-4,7H,5-6,13H2,(H,14,15). The maximum absolute atomic E-state index is 5.78. The number of anilines is 2. The highest BCUT2D eigenvalue weighted by Crippen LogP contribution is 2.18. The first-order valence-corrected chi connectivity index (χ1v) is 5.33. The summed E-state index contributed by atoms with van der Waals surface area (Å²) < 4.78 is 5.24. The predicted octanol–water partition coefficient (Wildman–Crippen LogP) is 2.57. The lowest BCUT2D eigenvalue weighted by Crippen LogP contribution is -2.02. The molecule has 0 radical (unpaired) electrons. The molecule has 0 fully saturated rings. The fourth-order valence-corrected chi connectivity index (χ4v) is 1.41. The summed E-state index contributed by atoms with van der Waals surface area (Å²) in [6.07, 6.45) is 2.32. The summed E-state index contributed by atoms with van der Waals surface area (Å²) in [5, 5.41) is 3.73. The lowest BCUT2D eigenvalue weighted by atomic mass is 10.3. The minimum atomic E-state index is 0.464. The summed E-state index contributed by atoms with van der Waals surface area (Å²) >= 11 is 5.78. The molecule has 1 aromatic carbocycles. The van der Waals surface area contributed by atoms with Gasteiger partial charge in [0.25, 0.3) is 6.01 Å². The van der Waals surface area contributed by atoms with Gasteiger partial charge < -0.3 is 15.5 Å². The van der Waals surface area contributed by atoms with Crippen molar-refractivity contribution in [3.05, 3.63) is 41.2 Å². The Morgan fingerprint density at radius 1 is 1.31 bits per heavy atom. The smallest absolute Gasteiger partial charge is 0.299 e. The lowest BCUT2D eigenvalue weighted by Gasteiger charge is -2.00. The average Bonchev–Trinajstić information content (AvgIpc) is 2.70. The van der Waals surface area contributed by atoms with Crippen LogP contribution in [0, 0.1) is 0 Å². The molecule has 0 aliphatic carbocycles. The highest BCUT2D eigenvalue weighted by molar-refractivity contribution is 6.30. The average molecular weight is 238 g/mol. The summed E-state index contributed by atoms with van der Waals surface area (Å²) in [4.78, 5) is 4.23. The molecule has 0 aliphatic rings. The van der Waals surface area contributed by atoms with Crippen LogP contribution in [0.2, 0.25) is 5.02 Å². The molecular formula is C11H12ClN3O. The Kier molecular flexibility index (Phi) is 3.44. The Bertz CT molecular complexity index is 453. The molecule has 0 atom stereocenters. The van der Waals surface area contributed by atoms with Gasteiger partial charge in [-0.15, -0.1) is 0 Å². The van der Waals surface area contributed by atoms with Gasteiger partial charge in [-0.25, -0.2) is 0 Å². The molecule has 2 rings (SSSR count). The molecule has 5 heteroatoms. The maximum Gasteiger partial charge on any atom is 0.299 e. The Morgan fingerprint density at radius 2 is 2.06 bits per heavy atom. The summed E-state index contributed by atoms with van der Waals surface area (Å²) in [5.41, 5.74) is 7.15. The highest BCUT2D eigenvalue weighted by Gasteiger charge is 2.03. The van der Waals surface area contributed by atoms with E-state index in [9.17, 15) is 0 Å². The number of oxazole rings is 1. The van der Waals surface area contributed by atoms with E-state index in [1.54, 1.807) is 18.4 Å². The SMILES string of the molecule is NCCc1coc(Nc2ccc(Cl)cc2)n1. The van der Waals surface area contributed by atoms with Gasteiger partial charge in [-0.05, 0) is 30.8 Å². The van der Waals surface area contributed by atoms with Crippen LogP contribution in [0.4, 0.5) is 11.7 Å². The first-order chi connectivity index (χ1) is 7.78. The monoisotopic (exact) mass is 237 g/mol. The first-order valence-electron chi connectivity index (χ1n) is 4.95. The van der Waals surface area contributed by atoms with Crippen molar-refractivity contribution < 1.29 is 4.42 Å². The number of halogens is 1. The molecule has 3 N–H and O–H groups in total. The minimum absolute atomic E-state index is 0.464. The molecule has 0 saturated carbocycles. The number of aromatic nitrogens is 1. The third kappa shape index (κ3) is 2.74. The number of nitrogens with one attached hydrogen (secondary N) is 1. The largest absolute Gasteiger partial charge is 0.432 e. The van der Waals surface area contributed by atoms with Crippen LogP contribution in [-0.4, -0.2) is 11.5 Å². The van der Waals surface area contributed by atoms with E-state index in [0.29, 0.717) is 24.0 Å². The second-order valence-corrected chi connectivity index (χ2v) is 3.75. The summed E-state index contributed by atoms with van der Waals surface area (Å²) in [6, 6.07) is 7.77. The number of nitrogens with zero attached hydrogens (tertiary/aromatic N) is 1. The Labute approximate surface area is 98.4 Å². The zero-order valence-corrected chi connectivity index (χ0v) is 9.37. The molecule has 0 amide bonds. The van der Waals surface area contributed by atoms with Crippen molar-refractivity contribution in [3.8, 4) is 0 Å². The third-order valence-electron chi connectivity index (χ3n) is 2.05. The molecule has 0 spiro atoms. The quantitative estimate of drug-likeness (QED) is 0.858. The predicted molar refractivity (Wildman–Crippen MR) is 64.0 cm³/mol. The van der Waals surface area contributed by atoms with E-state index in [2.05, 4.69) is 10.3 Å². The van der Waals surface area contributed by atoms with Gasteiger partial charge in [-0.3, -0.25) is 0 Å². The van der Waals surface area contributed by atoms with E-state index in [1.165, 1.54) is 0 Å². The van der Waals surface area contributed by atoms with E-state index in [0.717, 1.165) is 11.4 Å². The van der Waals surface area contributed by atoms with Gasteiger partial charge in [0.2, 0.25) is 0 Å². The molecule has 0 aliphatic heterocycles. The lowest BCUT2D eigenvalue weighted by molar-refractivity contribution is 0.575. The van der Waals surface area contributed by atoms with Gasteiger partial charge in [0.15, 0.2) is 0 Å².